The van der Waals surface area contributed by atoms with Crippen molar-refractivity contribution in [2.24, 2.45) is 5.92 Å². The summed E-state index contributed by atoms with van der Waals surface area (Å²) in [6.45, 7) is 5.21. The van der Waals surface area contributed by atoms with E-state index in [0.717, 1.165) is 31.2 Å². The van der Waals surface area contributed by atoms with E-state index in [2.05, 4.69) is 12.2 Å². The summed E-state index contributed by atoms with van der Waals surface area (Å²) in [7, 11) is 1.59. The van der Waals surface area contributed by atoms with Gasteiger partial charge in [0.2, 0.25) is 5.91 Å². The smallest absolute Gasteiger partial charge is 0.257 e. The van der Waals surface area contributed by atoms with E-state index in [-0.39, 0.29) is 18.4 Å². The molecule has 3 unspecified atom stereocenters. The van der Waals surface area contributed by atoms with E-state index >= 15 is 0 Å². The van der Waals surface area contributed by atoms with Crippen molar-refractivity contribution in [1.82, 2.24) is 10.2 Å². The van der Waals surface area contributed by atoms with Crippen LogP contribution < -0.4 is 5.32 Å². The Morgan fingerprint density at radius 3 is 2.85 bits per heavy atom. The second-order valence-corrected chi connectivity index (χ2v) is 7.75. The summed E-state index contributed by atoms with van der Waals surface area (Å²) >= 11 is 0. The molecule has 1 aromatic rings. The number of ether oxygens (including phenoxy) is 2. The normalized spacial score (nSPS) is 27.7. The van der Waals surface area contributed by atoms with Gasteiger partial charge in [-0.05, 0) is 43.7 Å². The standard InChI is InChI=1S/C21H30N2O4/c1-15-7-6-10-21(13-15)23(20(25)17-9-5-4-8-16(17)2)18(14-27-21)19(24)22-11-12-26-3/h4-5,8-9,15,18H,6-7,10-14H2,1-3H3,(H,22,24). The van der Waals surface area contributed by atoms with Crippen LogP contribution in [-0.4, -0.2) is 55.3 Å². The number of aryl methyl sites for hydroxylation is 1. The Bertz CT molecular complexity index is 693. The fraction of sp³-hybridized carbons (Fsp3) is 0.619. The Morgan fingerprint density at radius 2 is 2.15 bits per heavy atom. The molecule has 6 nitrogen and oxygen atoms in total. The lowest BCUT2D eigenvalue weighted by molar-refractivity contribution is -0.128. The summed E-state index contributed by atoms with van der Waals surface area (Å²) < 4.78 is 11.2. The second kappa shape index (κ2) is 8.40. The first kappa shape index (κ1) is 19.8. The molecule has 2 amide bonds. The summed E-state index contributed by atoms with van der Waals surface area (Å²) in [5.74, 6) is 0.164. The third-order valence-electron chi connectivity index (χ3n) is 5.69. The molecule has 148 valence electrons. The Balaban J connectivity index is 1.91. The molecule has 1 saturated heterocycles. The minimum Gasteiger partial charge on any atom is -0.383 e. The molecular weight excluding hydrogens is 344 g/mol. The molecule has 2 aliphatic rings. The van der Waals surface area contributed by atoms with Gasteiger partial charge in [-0.1, -0.05) is 31.5 Å². The van der Waals surface area contributed by atoms with E-state index in [4.69, 9.17) is 9.47 Å². The first-order valence-electron chi connectivity index (χ1n) is 9.78. The van der Waals surface area contributed by atoms with Crippen molar-refractivity contribution in [3.8, 4) is 0 Å². The average molecular weight is 374 g/mol. The number of methoxy groups -OCH3 is 1. The van der Waals surface area contributed by atoms with E-state index in [1.165, 1.54) is 0 Å². The molecule has 1 saturated carbocycles. The van der Waals surface area contributed by atoms with Crippen LogP contribution in [0.1, 0.15) is 48.5 Å². The van der Waals surface area contributed by atoms with Crippen LogP contribution >= 0.6 is 0 Å². The van der Waals surface area contributed by atoms with Crippen molar-refractivity contribution in [2.75, 3.05) is 26.9 Å². The molecule has 3 atom stereocenters. The minimum atomic E-state index is -0.680. The number of rotatable bonds is 5. The van der Waals surface area contributed by atoms with Crippen LogP contribution in [0.25, 0.3) is 0 Å². The van der Waals surface area contributed by atoms with Crippen molar-refractivity contribution in [1.29, 1.82) is 0 Å². The Kier molecular flexibility index (Phi) is 6.17. The number of nitrogens with one attached hydrogen (secondary N) is 1. The summed E-state index contributed by atoms with van der Waals surface area (Å²) in [5.41, 5.74) is 0.863. The molecular formula is C21H30N2O4. The van der Waals surface area contributed by atoms with Crippen molar-refractivity contribution in [2.45, 2.75) is 51.3 Å². The SMILES string of the molecule is COCCNC(=O)C1COC2(CCCC(C)C2)N1C(=O)c1ccccc1C. The molecule has 0 bridgehead atoms. The van der Waals surface area contributed by atoms with Gasteiger partial charge in [-0.2, -0.15) is 0 Å². The molecule has 0 aromatic heterocycles. The molecule has 1 heterocycles. The van der Waals surface area contributed by atoms with Gasteiger partial charge in [0.15, 0.2) is 0 Å². The molecule has 27 heavy (non-hydrogen) atoms. The lowest BCUT2D eigenvalue weighted by Gasteiger charge is -2.43. The van der Waals surface area contributed by atoms with Crippen LogP contribution in [0.3, 0.4) is 0 Å². The highest BCUT2D eigenvalue weighted by molar-refractivity contribution is 5.99. The predicted octanol–water partition coefficient (Wildman–Crippen LogP) is 2.51. The molecule has 1 aliphatic heterocycles. The highest BCUT2D eigenvalue weighted by Gasteiger charge is 2.54. The maximum absolute atomic E-state index is 13.5. The lowest BCUT2D eigenvalue weighted by atomic mass is 9.82. The minimum absolute atomic E-state index is 0.119. The third-order valence-corrected chi connectivity index (χ3v) is 5.69. The van der Waals surface area contributed by atoms with Gasteiger partial charge in [-0.25, -0.2) is 0 Å². The average Bonchev–Trinajstić information content (AvgIpc) is 3.00. The zero-order valence-corrected chi connectivity index (χ0v) is 16.5. The molecule has 6 heteroatoms. The van der Waals surface area contributed by atoms with E-state index in [0.29, 0.717) is 24.6 Å². The van der Waals surface area contributed by atoms with Crippen LogP contribution in [0.4, 0.5) is 0 Å². The van der Waals surface area contributed by atoms with Crippen LogP contribution in [0.2, 0.25) is 0 Å². The molecule has 0 radical (unpaired) electrons. The van der Waals surface area contributed by atoms with Gasteiger partial charge in [0.1, 0.15) is 11.8 Å². The van der Waals surface area contributed by atoms with Gasteiger partial charge in [0, 0.05) is 19.2 Å². The molecule has 1 N–H and O–H groups in total. The Hall–Kier alpha value is -1.92. The summed E-state index contributed by atoms with van der Waals surface area (Å²) in [5, 5.41) is 2.87. The van der Waals surface area contributed by atoms with Crippen LogP contribution in [0.5, 0.6) is 0 Å². The number of carbonyl (C=O) groups is 2. The second-order valence-electron chi connectivity index (χ2n) is 7.75. The number of amides is 2. The monoisotopic (exact) mass is 374 g/mol. The third kappa shape index (κ3) is 4.01. The highest BCUT2D eigenvalue weighted by Crippen LogP contribution is 2.43. The maximum Gasteiger partial charge on any atom is 0.257 e. The van der Waals surface area contributed by atoms with Gasteiger partial charge in [0.05, 0.1) is 13.2 Å². The Morgan fingerprint density at radius 1 is 1.37 bits per heavy atom. The topological polar surface area (TPSA) is 67.9 Å². The van der Waals surface area contributed by atoms with Gasteiger partial charge in [-0.3, -0.25) is 14.5 Å². The first-order chi connectivity index (χ1) is 13.0. The quantitative estimate of drug-likeness (QED) is 0.804. The van der Waals surface area contributed by atoms with Crippen LogP contribution in [0, 0.1) is 12.8 Å². The van der Waals surface area contributed by atoms with Crippen molar-refractivity contribution in [3.63, 3.8) is 0 Å². The summed E-state index contributed by atoms with van der Waals surface area (Å²) in [4.78, 5) is 28.1. The van der Waals surface area contributed by atoms with Crippen LogP contribution in [0.15, 0.2) is 24.3 Å². The molecule has 1 aromatic carbocycles. The number of nitrogens with zero attached hydrogens (tertiary/aromatic N) is 1. The van der Waals surface area contributed by atoms with Gasteiger partial charge in [0.25, 0.3) is 5.91 Å². The largest absolute Gasteiger partial charge is 0.383 e. The maximum atomic E-state index is 13.5. The fourth-order valence-corrected chi connectivity index (χ4v) is 4.34. The van der Waals surface area contributed by atoms with Gasteiger partial charge >= 0.3 is 0 Å². The van der Waals surface area contributed by atoms with E-state index in [9.17, 15) is 9.59 Å². The van der Waals surface area contributed by atoms with Gasteiger partial charge in [-0.15, -0.1) is 0 Å². The number of carbonyl (C=O) groups excluding carboxylic acids is 2. The Labute approximate surface area is 161 Å². The molecule has 3 rings (SSSR count). The van der Waals surface area contributed by atoms with Gasteiger partial charge < -0.3 is 14.8 Å². The number of hydrogen-bond donors (Lipinski definition) is 1. The fourth-order valence-electron chi connectivity index (χ4n) is 4.34. The zero-order valence-electron chi connectivity index (χ0n) is 16.5. The number of benzene rings is 1. The zero-order chi connectivity index (χ0) is 19.4. The number of hydrogen-bond acceptors (Lipinski definition) is 4. The van der Waals surface area contributed by atoms with Crippen molar-refractivity contribution < 1.29 is 19.1 Å². The van der Waals surface area contributed by atoms with E-state index in [1.807, 2.05) is 31.2 Å². The van der Waals surface area contributed by atoms with Crippen molar-refractivity contribution in [3.05, 3.63) is 35.4 Å². The summed E-state index contributed by atoms with van der Waals surface area (Å²) in [6.07, 6.45) is 3.67. The molecule has 1 spiro atoms. The first-order valence-corrected chi connectivity index (χ1v) is 9.78. The van der Waals surface area contributed by atoms with Crippen molar-refractivity contribution >= 4 is 11.8 Å². The molecule has 1 aliphatic carbocycles. The lowest BCUT2D eigenvalue weighted by Crippen LogP contribution is -2.57. The molecule has 2 fully saturated rings. The predicted molar refractivity (Wildman–Crippen MR) is 102 cm³/mol. The highest BCUT2D eigenvalue weighted by atomic mass is 16.5. The van der Waals surface area contributed by atoms with E-state index < -0.39 is 11.8 Å². The van der Waals surface area contributed by atoms with E-state index in [1.54, 1.807) is 12.0 Å². The van der Waals surface area contributed by atoms with Crippen LogP contribution in [-0.2, 0) is 14.3 Å². The summed E-state index contributed by atoms with van der Waals surface area (Å²) in [6, 6.07) is 6.92.